The summed E-state index contributed by atoms with van der Waals surface area (Å²) in [5.74, 6) is 0.785. The molecule has 0 unspecified atom stereocenters. The lowest BCUT2D eigenvalue weighted by Crippen LogP contribution is -2.54. The van der Waals surface area contributed by atoms with E-state index in [1.807, 2.05) is 54.6 Å². The fraction of sp³-hybridized carbons (Fsp3) is 0.296. The minimum absolute atomic E-state index is 0.0267. The van der Waals surface area contributed by atoms with Gasteiger partial charge in [0.25, 0.3) is 0 Å². The summed E-state index contributed by atoms with van der Waals surface area (Å²) in [5, 5.41) is 0. The number of anilines is 2. The highest BCUT2D eigenvalue weighted by molar-refractivity contribution is 6.03. The maximum absolute atomic E-state index is 13.5. The number of carbonyl (C=O) groups excluding carboxylic acids is 1. The van der Waals surface area contributed by atoms with Crippen molar-refractivity contribution in [1.82, 2.24) is 4.90 Å². The molecule has 5 rings (SSSR count). The van der Waals surface area contributed by atoms with Gasteiger partial charge in [-0.05, 0) is 48.2 Å². The van der Waals surface area contributed by atoms with Crippen molar-refractivity contribution in [2.24, 2.45) is 0 Å². The third kappa shape index (κ3) is 4.54. The van der Waals surface area contributed by atoms with Crippen LogP contribution in [-0.4, -0.2) is 49.8 Å². The second kappa shape index (κ2) is 9.15. The topological polar surface area (TPSA) is 42.0 Å². The lowest BCUT2D eigenvalue weighted by Gasteiger charge is -2.38. The number of methoxy groups -OCH3 is 1. The van der Waals surface area contributed by atoms with Crippen LogP contribution in [0.15, 0.2) is 78.9 Å². The summed E-state index contributed by atoms with van der Waals surface area (Å²) < 4.78 is 11.5. The molecule has 0 bridgehead atoms. The fourth-order valence-electron chi connectivity index (χ4n) is 4.02. The van der Waals surface area contributed by atoms with Gasteiger partial charge in [0.05, 0.1) is 24.4 Å². The van der Waals surface area contributed by atoms with Crippen LogP contribution in [0.1, 0.15) is 12.8 Å². The number of carbonyl (C=O) groups is 1. The molecule has 1 amide bonds. The Morgan fingerprint density at radius 1 is 0.875 bits per heavy atom. The SMILES string of the molecule is COC1CN(CC(=O)N(c2ccc(-c3ccccc3)cc2)c2ccccc2OC2CC2)C1. The summed E-state index contributed by atoms with van der Waals surface area (Å²) in [6.45, 7) is 1.91. The number of rotatable bonds is 8. The third-order valence-electron chi connectivity index (χ3n) is 6.02. The fourth-order valence-corrected chi connectivity index (χ4v) is 4.02. The largest absolute Gasteiger partial charge is 0.488 e. The molecule has 0 radical (unpaired) electrons. The Balaban J connectivity index is 1.45. The first-order valence-corrected chi connectivity index (χ1v) is 11.2. The minimum Gasteiger partial charge on any atom is -0.488 e. The number of benzene rings is 3. The predicted molar refractivity (Wildman–Crippen MR) is 126 cm³/mol. The first-order valence-electron chi connectivity index (χ1n) is 11.2. The zero-order valence-electron chi connectivity index (χ0n) is 18.3. The maximum Gasteiger partial charge on any atom is 0.245 e. The van der Waals surface area contributed by atoms with Gasteiger partial charge in [0.2, 0.25) is 5.91 Å². The number of hydrogen-bond acceptors (Lipinski definition) is 4. The van der Waals surface area contributed by atoms with Crippen LogP contribution in [0.4, 0.5) is 11.4 Å². The summed E-state index contributed by atoms with van der Waals surface area (Å²) in [7, 11) is 1.72. The van der Waals surface area contributed by atoms with Gasteiger partial charge in [-0.15, -0.1) is 0 Å². The molecule has 0 atom stereocenters. The predicted octanol–water partition coefficient (Wildman–Crippen LogP) is 4.89. The van der Waals surface area contributed by atoms with Gasteiger partial charge in [0.15, 0.2) is 0 Å². The molecule has 2 aliphatic rings. The first-order chi connectivity index (χ1) is 15.7. The van der Waals surface area contributed by atoms with E-state index < -0.39 is 0 Å². The smallest absolute Gasteiger partial charge is 0.245 e. The van der Waals surface area contributed by atoms with Crippen molar-refractivity contribution in [3.8, 4) is 16.9 Å². The number of likely N-dealkylation sites (tertiary alicyclic amines) is 1. The Kier molecular flexibility index (Phi) is 5.93. The van der Waals surface area contributed by atoms with Crippen LogP contribution in [0.2, 0.25) is 0 Å². The van der Waals surface area contributed by atoms with Gasteiger partial charge in [0, 0.05) is 25.9 Å². The van der Waals surface area contributed by atoms with Crippen molar-refractivity contribution in [3.05, 3.63) is 78.9 Å². The molecule has 1 saturated carbocycles. The number of para-hydroxylation sites is 2. The van der Waals surface area contributed by atoms with Crippen LogP contribution in [0.25, 0.3) is 11.1 Å². The lowest BCUT2D eigenvalue weighted by molar-refractivity contribution is -0.122. The molecule has 5 heteroatoms. The van der Waals surface area contributed by atoms with Crippen molar-refractivity contribution >= 4 is 17.3 Å². The number of amides is 1. The van der Waals surface area contributed by atoms with E-state index in [0.29, 0.717) is 6.54 Å². The van der Waals surface area contributed by atoms with Crippen molar-refractivity contribution in [3.63, 3.8) is 0 Å². The normalized spacial score (nSPS) is 16.4. The van der Waals surface area contributed by atoms with E-state index >= 15 is 0 Å². The van der Waals surface area contributed by atoms with E-state index in [2.05, 4.69) is 29.2 Å². The number of nitrogens with zero attached hydrogens (tertiary/aromatic N) is 2. The van der Waals surface area contributed by atoms with Gasteiger partial charge in [0.1, 0.15) is 5.75 Å². The number of hydrogen-bond donors (Lipinski definition) is 0. The van der Waals surface area contributed by atoms with Crippen LogP contribution in [0.5, 0.6) is 5.75 Å². The Hall–Kier alpha value is -3.15. The van der Waals surface area contributed by atoms with E-state index in [4.69, 9.17) is 9.47 Å². The van der Waals surface area contributed by atoms with Crippen molar-refractivity contribution in [2.45, 2.75) is 25.0 Å². The second-order valence-electron chi connectivity index (χ2n) is 8.48. The van der Waals surface area contributed by atoms with Gasteiger partial charge in [-0.3, -0.25) is 14.6 Å². The molecule has 0 N–H and O–H groups in total. The minimum atomic E-state index is 0.0267. The first kappa shape index (κ1) is 20.7. The van der Waals surface area contributed by atoms with Gasteiger partial charge < -0.3 is 9.47 Å². The molecule has 1 saturated heterocycles. The van der Waals surface area contributed by atoms with E-state index in [1.165, 1.54) is 0 Å². The van der Waals surface area contributed by atoms with Crippen LogP contribution >= 0.6 is 0 Å². The molecule has 164 valence electrons. The molecule has 1 aliphatic heterocycles. The molecule has 1 aliphatic carbocycles. The van der Waals surface area contributed by atoms with Crippen LogP contribution in [-0.2, 0) is 9.53 Å². The van der Waals surface area contributed by atoms with Crippen LogP contribution < -0.4 is 9.64 Å². The Bertz CT molecular complexity index is 1060. The highest BCUT2D eigenvalue weighted by atomic mass is 16.5. The Labute approximate surface area is 189 Å². The summed E-state index contributed by atoms with van der Waals surface area (Å²) in [6.07, 6.45) is 2.61. The molecule has 0 aromatic heterocycles. The maximum atomic E-state index is 13.5. The molecule has 0 spiro atoms. The summed E-state index contributed by atoms with van der Waals surface area (Å²) in [4.78, 5) is 17.5. The second-order valence-corrected chi connectivity index (χ2v) is 8.48. The molecule has 2 fully saturated rings. The summed E-state index contributed by atoms with van der Waals surface area (Å²) >= 11 is 0. The Morgan fingerprint density at radius 3 is 2.22 bits per heavy atom. The van der Waals surface area contributed by atoms with Gasteiger partial charge in [-0.1, -0.05) is 54.6 Å². The molecule has 5 nitrogen and oxygen atoms in total. The van der Waals surface area contributed by atoms with Gasteiger partial charge in [-0.25, -0.2) is 0 Å². The van der Waals surface area contributed by atoms with Crippen molar-refractivity contribution in [2.75, 3.05) is 31.6 Å². The van der Waals surface area contributed by atoms with E-state index in [0.717, 1.165) is 54.2 Å². The molecule has 3 aromatic carbocycles. The molecular weight excluding hydrogens is 400 g/mol. The van der Waals surface area contributed by atoms with Crippen molar-refractivity contribution < 1.29 is 14.3 Å². The number of ether oxygens (including phenoxy) is 2. The van der Waals surface area contributed by atoms with Gasteiger partial charge in [-0.2, -0.15) is 0 Å². The third-order valence-corrected chi connectivity index (χ3v) is 6.02. The molecule has 32 heavy (non-hydrogen) atoms. The summed E-state index contributed by atoms with van der Waals surface area (Å²) in [6, 6.07) is 26.3. The van der Waals surface area contributed by atoms with Crippen LogP contribution in [0.3, 0.4) is 0 Å². The zero-order valence-corrected chi connectivity index (χ0v) is 18.3. The average Bonchev–Trinajstić information content (AvgIpc) is 3.62. The lowest BCUT2D eigenvalue weighted by atomic mass is 10.0. The standard InChI is InChI=1S/C27H28N2O3/c1-31-24-17-28(18-24)19-27(30)29(25-9-5-6-10-26(25)32-23-15-16-23)22-13-11-21(12-14-22)20-7-3-2-4-8-20/h2-14,23-24H,15-19H2,1H3. The quantitative estimate of drug-likeness (QED) is 0.512. The van der Waals surface area contributed by atoms with E-state index in [-0.39, 0.29) is 18.1 Å². The highest BCUT2D eigenvalue weighted by Gasteiger charge is 2.32. The van der Waals surface area contributed by atoms with E-state index in [1.54, 1.807) is 12.0 Å². The molecule has 1 heterocycles. The molecular formula is C27H28N2O3. The van der Waals surface area contributed by atoms with Crippen molar-refractivity contribution in [1.29, 1.82) is 0 Å². The average molecular weight is 429 g/mol. The Morgan fingerprint density at radius 2 is 1.53 bits per heavy atom. The summed E-state index contributed by atoms with van der Waals surface area (Å²) in [5.41, 5.74) is 3.90. The monoisotopic (exact) mass is 428 g/mol. The van der Waals surface area contributed by atoms with Gasteiger partial charge >= 0.3 is 0 Å². The van der Waals surface area contributed by atoms with Crippen LogP contribution in [0, 0.1) is 0 Å². The van der Waals surface area contributed by atoms with E-state index in [9.17, 15) is 4.79 Å². The molecule has 3 aromatic rings. The zero-order chi connectivity index (χ0) is 21.9. The highest BCUT2D eigenvalue weighted by Crippen LogP contribution is 2.38.